The highest BCUT2D eigenvalue weighted by Crippen LogP contribution is 2.44. The second kappa shape index (κ2) is 7.18. The molecule has 2 aliphatic rings. The van der Waals surface area contributed by atoms with Gasteiger partial charge in [-0.25, -0.2) is 4.39 Å². The molecule has 0 radical (unpaired) electrons. The lowest BCUT2D eigenvalue weighted by Crippen LogP contribution is -2.47. The molecule has 0 aromatic heterocycles. The zero-order valence-corrected chi connectivity index (χ0v) is 14.4. The van der Waals surface area contributed by atoms with Crippen LogP contribution in [0.2, 0.25) is 0 Å². The van der Waals surface area contributed by atoms with Crippen LogP contribution in [0.4, 0.5) is 4.39 Å². The summed E-state index contributed by atoms with van der Waals surface area (Å²) in [6.07, 6.45) is 4.69. The standard InChI is InChI=1S/C18H25FN2O.ClH/c1-13-9-14(11-20)12-21(13)17(22)18(7-2-3-8-18)15-5-4-6-16(19)10-15;/h4-6,10,13-14H,2-3,7-9,11-12,20H2,1H3;1H. The number of benzene rings is 1. The zero-order valence-electron chi connectivity index (χ0n) is 13.6. The van der Waals surface area contributed by atoms with E-state index in [4.69, 9.17) is 5.73 Å². The fourth-order valence-corrected chi connectivity index (χ4v) is 4.26. The maximum absolute atomic E-state index is 13.7. The highest BCUT2D eigenvalue weighted by Gasteiger charge is 2.47. The van der Waals surface area contributed by atoms with Crippen molar-refractivity contribution in [1.82, 2.24) is 4.90 Å². The van der Waals surface area contributed by atoms with Crippen LogP contribution in [0.25, 0.3) is 0 Å². The molecule has 3 rings (SSSR count). The van der Waals surface area contributed by atoms with Crippen molar-refractivity contribution in [3.8, 4) is 0 Å². The first-order valence-electron chi connectivity index (χ1n) is 8.34. The van der Waals surface area contributed by atoms with E-state index < -0.39 is 5.41 Å². The van der Waals surface area contributed by atoms with Gasteiger partial charge in [-0.15, -0.1) is 12.4 Å². The number of halogens is 2. The van der Waals surface area contributed by atoms with Gasteiger partial charge in [0.2, 0.25) is 5.91 Å². The van der Waals surface area contributed by atoms with E-state index in [1.54, 1.807) is 12.1 Å². The number of hydrogen-bond acceptors (Lipinski definition) is 2. The van der Waals surface area contributed by atoms with Crippen molar-refractivity contribution in [3.05, 3.63) is 35.6 Å². The number of amides is 1. The molecule has 1 aromatic rings. The molecule has 2 atom stereocenters. The maximum Gasteiger partial charge on any atom is 0.233 e. The summed E-state index contributed by atoms with van der Waals surface area (Å²) in [5.74, 6) is 0.315. The van der Waals surface area contributed by atoms with Gasteiger partial charge in [0.25, 0.3) is 0 Å². The minimum Gasteiger partial charge on any atom is -0.339 e. The van der Waals surface area contributed by atoms with Crippen LogP contribution >= 0.6 is 12.4 Å². The van der Waals surface area contributed by atoms with Crippen LogP contribution in [0.15, 0.2) is 24.3 Å². The molecule has 2 fully saturated rings. The Hall–Kier alpha value is -1.13. The smallest absolute Gasteiger partial charge is 0.233 e. The van der Waals surface area contributed by atoms with Crippen molar-refractivity contribution < 1.29 is 9.18 Å². The topological polar surface area (TPSA) is 46.3 Å². The van der Waals surface area contributed by atoms with Crippen molar-refractivity contribution in [1.29, 1.82) is 0 Å². The fraction of sp³-hybridized carbons (Fsp3) is 0.611. The van der Waals surface area contributed by atoms with Gasteiger partial charge in [-0.2, -0.15) is 0 Å². The lowest BCUT2D eigenvalue weighted by atomic mass is 9.77. The highest BCUT2D eigenvalue weighted by molar-refractivity contribution is 5.89. The molecule has 0 bridgehead atoms. The monoisotopic (exact) mass is 340 g/mol. The average molecular weight is 341 g/mol. The Bertz CT molecular complexity index is 560. The minimum absolute atomic E-state index is 0. The third-order valence-corrected chi connectivity index (χ3v) is 5.50. The number of carbonyl (C=O) groups is 1. The minimum atomic E-state index is -0.528. The van der Waals surface area contributed by atoms with Gasteiger partial charge in [-0.1, -0.05) is 25.0 Å². The first-order chi connectivity index (χ1) is 10.6. The van der Waals surface area contributed by atoms with Gasteiger partial charge < -0.3 is 10.6 Å². The third-order valence-electron chi connectivity index (χ3n) is 5.50. The van der Waals surface area contributed by atoms with Gasteiger partial charge in [0.05, 0.1) is 5.41 Å². The van der Waals surface area contributed by atoms with Crippen molar-refractivity contribution in [2.75, 3.05) is 13.1 Å². The molecule has 1 saturated heterocycles. The third kappa shape index (κ3) is 3.24. The summed E-state index contributed by atoms with van der Waals surface area (Å²) in [6, 6.07) is 6.85. The van der Waals surface area contributed by atoms with Crippen LogP contribution < -0.4 is 5.73 Å². The van der Waals surface area contributed by atoms with Crippen LogP contribution in [0.3, 0.4) is 0 Å². The molecule has 1 aromatic carbocycles. The second-order valence-electron chi connectivity index (χ2n) is 6.94. The van der Waals surface area contributed by atoms with E-state index >= 15 is 0 Å². The quantitative estimate of drug-likeness (QED) is 0.918. The van der Waals surface area contributed by atoms with Crippen LogP contribution in [0, 0.1) is 11.7 Å². The summed E-state index contributed by atoms with van der Waals surface area (Å²) in [4.78, 5) is 15.3. The molecule has 5 heteroatoms. The molecule has 128 valence electrons. The lowest BCUT2D eigenvalue weighted by molar-refractivity contribution is -0.138. The van der Waals surface area contributed by atoms with Crippen LogP contribution in [0.1, 0.15) is 44.6 Å². The highest BCUT2D eigenvalue weighted by atomic mass is 35.5. The molecule has 0 spiro atoms. The van der Waals surface area contributed by atoms with E-state index in [1.807, 2.05) is 11.0 Å². The van der Waals surface area contributed by atoms with Crippen molar-refractivity contribution in [2.24, 2.45) is 11.7 Å². The Morgan fingerprint density at radius 1 is 1.39 bits per heavy atom. The zero-order chi connectivity index (χ0) is 15.7. The van der Waals surface area contributed by atoms with Crippen LogP contribution in [0.5, 0.6) is 0 Å². The Morgan fingerprint density at radius 3 is 2.65 bits per heavy atom. The molecule has 3 nitrogen and oxygen atoms in total. The fourth-order valence-electron chi connectivity index (χ4n) is 4.26. The normalized spacial score (nSPS) is 26.1. The molecule has 2 unspecified atom stereocenters. The van der Waals surface area contributed by atoms with E-state index in [9.17, 15) is 9.18 Å². The first kappa shape index (κ1) is 18.2. The van der Waals surface area contributed by atoms with E-state index in [0.29, 0.717) is 12.5 Å². The molecule has 23 heavy (non-hydrogen) atoms. The molecule has 1 saturated carbocycles. The second-order valence-corrected chi connectivity index (χ2v) is 6.94. The lowest BCUT2D eigenvalue weighted by Gasteiger charge is -2.35. The summed E-state index contributed by atoms with van der Waals surface area (Å²) in [5, 5.41) is 0. The maximum atomic E-state index is 13.7. The van der Waals surface area contributed by atoms with Crippen LogP contribution in [-0.2, 0) is 10.2 Å². The summed E-state index contributed by atoms with van der Waals surface area (Å²) in [7, 11) is 0. The van der Waals surface area contributed by atoms with Gasteiger partial charge in [-0.3, -0.25) is 4.79 Å². The Balaban J connectivity index is 0.00000192. The SMILES string of the molecule is CC1CC(CN)CN1C(=O)C1(c2cccc(F)c2)CCCC1.Cl. The number of carbonyl (C=O) groups excluding carboxylic acids is 1. The molecular weight excluding hydrogens is 315 g/mol. The largest absolute Gasteiger partial charge is 0.339 e. The number of nitrogens with two attached hydrogens (primary N) is 1. The molecule has 1 aliphatic carbocycles. The number of hydrogen-bond donors (Lipinski definition) is 1. The molecule has 1 heterocycles. The average Bonchev–Trinajstić information content (AvgIpc) is 3.14. The predicted molar refractivity (Wildman–Crippen MR) is 92.1 cm³/mol. The Morgan fingerprint density at radius 2 is 2.09 bits per heavy atom. The number of rotatable bonds is 3. The molecule has 1 aliphatic heterocycles. The van der Waals surface area contributed by atoms with Crippen molar-refractivity contribution in [2.45, 2.75) is 50.5 Å². The Kier molecular flexibility index (Phi) is 5.69. The van der Waals surface area contributed by atoms with E-state index in [0.717, 1.165) is 44.2 Å². The first-order valence-corrected chi connectivity index (χ1v) is 8.34. The predicted octanol–water partition coefficient (Wildman–Crippen LogP) is 3.26. The van der Waals surface area contributed by atoms with Crippen LogP contribution in [-0.4, -0.2) is 29.9 Å². The van der Waals surface area contributed by atoms with Crippen molar-refractivity contribution >= 4 is 18.3 Å². The Labute approximate surface area is 143 Å². The van der Waals surface area contributed by atoms with E-state index in [1.165, 1.54) is 6.07 Å². The molecular formula is C18H26ClFN2O. The molecule has 1 amide bonds. The van der Waals surface area contributed by atoms with Crippen molar-refractivity contribution in [3.63, 3.8) is 0 Å². The van der Waals surface area contributed by atoms with Gasteiger partial charge >= 0.3 is 0 Å². The summed E-state index contributed by atoms with van der Waals surface area (Å²) >= 11 is 0. The van der Waals surface area contributed by atoms with E-state index in [-0.39, 0.29) is 30.2 Å². The van der Waals surface area contributed by atoms with Gasteiger partial charge in [0.15, 0.2) is 0 Å². The van der Waals surface area contributed by atoms with E-state index in [2.05, 4.69) is 6.92 Å². The number of nitrogens with zero attached hydrogens (tertiary/aromatic N) is 1. The van der Waals surface area contributed by atoms with Gasteiger partial charge in [0.1, 0.15) is 5.82 Å². The summed E-state index contributed by atoms with van der Waals surface area (Å²) < 4.78 is 13.7. The molecule has 2 N–H and O–H groups in total. The number of likely N-dealkylation sites (tertiary alicyclic amines) is 1. The summed E-state index contributed by atoms with van der Waals surface area (Å²) in [6.45, 7) is 3.47. The summed E-state index contributed by atoms with van der Waals surface area (Å²) in [5.41, 5.74) is 6.11. The van der Waals surface area contributed by atoms with Gasteiger partial charge in [-0.05, 0) is 56.3 Å². The van der Waals surface area contributed by atoms with Gasteiger partial charge in [0, 0.05) is 12.6 Å².